The number of rotatable bonds is 2. The molecule has 0 aliphatic rings. The number of carbonyl (C=O) groups is 1. The van der Waals surface area contributed by atoms with E-state index in [2.05, 4.69) is 5.32 Å². The second kappa shape index (κ2) is 5.43. The lowest BCUT2D eigenvalue weighted by molar-refractivity contribution is 0.102. The van der Waals surface area contributed by atoms with E-state index in [0.29, 0.717) is 21.3 Å². The summed E-state index contributed by atoms with van der Waals surface area (Å²) in [6, 6.07) is 12.6. The molecule has 0 unspecified atom stereocenters. The van der Waals surface area contributed by atoms with Crippen molar-refractivity contribution in [3.05, 3.63) is 64.3 Å². The molecule has 0 aliphatic carbocycles. The zero-order valence-electron chi connectivity index (χ0n) is 11.2. The smallest absolute Gasteiger partial charge is 0.257 e. The fraction of sp³-hybridized carbons (Fsp3) is 0.0625. The van der Waals surface area contributed by atoms with Gasteiger partial charge in [0.15, 0.2) is 0 Å². The Morgan fingerprint density at radius 1 is 1.14 bits per heavy atom. The van der Waals surface area contributed by atoms with E-state index in [-0.39, 0.29) is 5.91 Å². The topological polar surface area (TPSA) is 34.0 Å². The van der Waals surface area contributed by atoms with E-state index in [1.165, 1.54) is 0 Å². The Bertz CT molecular complexity index is 839. The maximum absolute atomic E-state index is 12.5. The SMILES string of the molecule is Cn1ccc2cccc(C(=O)Nc3cc(Cl)ccc3Cl)c21. The number of carbonyl (C=O) groups excluding carboxylic acids is 1. The van der Waals surface area contributed by atoms with Crippen molar-refractivity contribution >= 4 is 45.7 Å². The summed E-state index contributed by atoms with van der Waals surface area (Å²) in [6.45, 7) is 0. The Labute approximate surface area is 132 Å². The summed E-state index contributed by atoms with van der Waals surface area (Å²) in [6.07, 6.45) is 1.92. The highest BCUT2D eigenvalue weighted by molar-refractivity contribution is 6.36. The van der Waals surface area contributed by atoms with Crippen molar-refractivity contribution in [3.8, 4) is 0 Å². The minimum Gasteiger partial charge on any atom is -0.350 e. The Kier molecular flexibility index (Phi) is 3.62. The lowest BCUT2D eigenvalue weighted by Crippen LogP contribution is -2.13. The third-order valence-electron chi connectivity index (χ3n) is 3.32. The number of aromatic nitrogens is 1. The van der Waals surface area contributed by atoms with Crippen molar-refractivity contribution in [3.63, 3.8) is 0 Å². The summed E-state index contributed by atoms with van der Waals surface area (Å²) in [7, 11) is 1.91. The molecule has 0 radical (unpaired) electrons. The first kappa shape index (κ1) is 14.0. The number of hydrogen-bond acceptors (Lipinski definition) is 1. The first-order valence-electron chi connectivity index (χ1n) is 6.37. The van der Waals surface area contributed by atoms with E-state index < -0.39 is 0 Å². The first-order valence-corrected chi connectivity index (χ1v) is 7.12. The Balaban J connectivity index is 2.01. The number of benzene rings is 2. The van der Waals surface area contributed by atoms with Gasteiger partial charge in [-0.1, -0.05) is 35.3 Å². The molecule has 1 heterocycles. The van der Waals surface area contributed by atoms with Gasteiger partial charge in [0, 0.05) is 23.7 Å². The predicted molar refractivity (Wildman–Crippen MR) is 87.3 cm³/mol. The average Bonchev–Trinajstić information content (AvgIpc) is 2.84. The number of amides is 1. The van der Waals surface area contributed by atoms with Crippen molar-refractivity contribution in [2.45, 2.75) is 0 Å². The van der Waals surface area contributed by atoms with Gasteiger partial charge in [-0.3, -0.25) is 4.79 Å². The third-order valence-corrected chi connectivity index (χ3v) is 3.88. The van der Waals surface area contributed by atoms with Crippen molar-refractivity contribution < 1.29 is 4.79 Å². The quantitative estimate of drug-likeness (QED) is 0.727. The number of para-hydroxylation sites is 1. The summed E-state index contributed by atoms with van der Waals surface area (Å²) < 4.78 is 1.92. The van der Waals surface area contributed by atoms with E-state index in [1.54, 1.807) is 24.3 Å². The summed E-state index contributed by atoms with van der Waals surface area (Å²) in [5, 5.41) is 4.79. The van der Waals surface area contributed by atoms with Crippen LogP contribution in [0.1, 0.15) is 10.4 Å². The number of halogens is 2. The van der Waals surface area contributed by atoms with E-state index in [9.17, 15) is 4.79 Å². The minimum atomic E-state index is -0.216. The second-order valence-corrected chi connectivity index (χ2v) is 5.59. The number of fused-ring (bicyclic) bond motifs is 1. The van der Waals surface area contributed by atoms with E-state index in [1.807, 2.05) is 36.0 Å². The van der Waals surface area contributed by atoms with Crippen LogP contribution in [0.4, 0.5) is 5.69 Å². The molecule has 1 aromatic heterocycles. The molecule has 1 N–H and O–H groups in total. The molecule has 0 aliphatic heterocycles. The van der Waals surface area contributed by atoms with Gasteiger partial charge in [-0.2, -0.15) is 0 Å². The maximum atomic E-state index is 12.5. The summed E-state index contributed by atoms with van der Waals surface area (Å²) in [4.78, 5) is 12.5. The van der Waals surface area contributed by atoms with Gasteiger partial charge in [0.2, 0.25) is 0 Å². The van der Waals surface area contributed by atoms with Crippen molar-refractivity contribution in [2.24, 2.45) is 7.05 Å². The van der Waals surface area contributed by atoms with Crippen LogP contribution in [0, 0.1) is 0 Å². The van der Waals surface area contributed by atoms with Crippen LogP contribution in [0.2, 0.25) is 10.0 Å². The van der Waals surface area contributed by atoms with Crippen molar-refractivity contribution in [1.82, 2.24) is 4.57 Å². The lowest BCUT2D eigenvalue weighted by Gasteiger charge is -2.09. The zero-order valence-corrected chi connectivity index (χ0v) is 12.7. The van der Waals surface area contributed by atoms with Crippen LogP contribution in [-0.2, 0) is 7.05 Å². The van der Waals surface area contributed by atoms with Gasteiger partial charge in [-0.25, -0.2) is 0 Å². The van der Waals surface area contributed by atoms with Gasteiger partial charge in [0.05, 0.1) is 21.8 Å². The average molecular weight is 319 g/mol. The maximum Gasteiger partial charge on any atom is 0.257 e. The van der Waals surface area contributed by atoms with E-state index in [4.69, 9.17) is 23.2 Å². The van der Waals surface area contributed by atoms with Gasteiger partial charge < -0.3 is 9.88 Å². The first-order chi connectivity index (χ1) is 10.1. The number of aryl methyl sites for hydroxylation is 1. The van der Waals surface area contributed by atoms with Gasteiger partial charge in [-0.05, 0) is 30.3 Å². The highest BCUT2D eigenvalue weighted by Gasteiger charge is 2.14. The fourth-order valence-electron chi connectivity index (χ4n) is 2.32. The van der Waals surface area contributed by atoms with Crippen LogP contribution in [0.15, 0.2) is 48.7 Å². The molecule has 3 rings (SSSR count). The largest absolute Gasteiger partial charge is 0.350 e. The highest BCUT2D eigenvalue weighted by atomic mass is 35.5. The van der Waals surface area contributed by atoms with Crippen molar-refractivity contribution in [2.75, 3.05) is 5.32 Å². The fourth-order valence-corrected chi connectivity index (χ4v) is 2.66. The monoisotopic (exact) mass is 318 g/mol. The molecule has 2 aromatic carbocycles. The molecule has 0 saturated heterocycles. The number of hydrogen-bond donors (Lipinski definition) is 1. The number of anilines is 1. The number of nitrogens with zero attached hydrogens (tertiary/aromatic N) is 1. The molecular weight excluding hydrogens is 307 g/mol. The Morgan fingerprint density at radius 2 is 1.95 bits per heavy atom. The molecule has 21 heavy (non-hydrogen) atoms. The van der Waals surface area contributed by atoms with Gasteiger partial charge in [0.1, 0.15) is 0 Å². The molecule has 3 aromatic rings. The van der Waals surface area contributed by atoms with Crippen molar-refractivity contribution in [1.29, 1.82) is 0 Å². The van der Waals surface area contributed by atoms with Crippen LogP contribution in [0.5, 0.6) is 0 Å². The molecule has 0 atom stereocenters. The van der Waals surface area contributed by atoms with Crippen LogP contribution >= 0.6 is 23.2 Å². The van der Waals surface area contributed by atoms with Crippen LogP contribution in [-0.4, -0.2) is 10.5 Å². The molecule has 0 spiro atoms. The molecule has 106 valence electrons. The molecule has 0 saturated carbocycles. The Hall–Kier alpha value is -1.97. The molecule has 0 fully saturated rings. The standard InChI is InChI=1S/C16H12Cl2N2O/c1-20-8-7-10-3-2-4-12(15(10)20)16(21)19-14-9-11(17)5-6-13(14)18/h2-9H,1H3,(H,19,21). The molecular formula is C16H12Cl2N2O. The van der Waals surface area contributed by atoms with Gasteiger partial charge >= 0.3 is 0 Å². The van der Waals surface area contributed by atoms with E-state index in [0.717, 1.165) is 10.9 Å². The molecule has 1 amide bonds. The predicted octanol–water partition coefficient (Wildman–Crippen LogP) is 4.74. The van der Waals surface area contributed by atoms with Crippen LogP contribution in [0.25, 0.3) is 10.9 Å². The summed E-state index contributed by atoms with van der Waals surface area (Å²) >= 11 is 12.0. The molecule has 3 nitrogen and oxygen atoms in total. The van der Waals surface area contributed by atoms with Crippen LogP contribution in [0.3, 0.4) is 0 Å². The highest BCUT2D eigenvalue weighted by Crippen LogP contribution is 2.27. The normalized spacial score (nSPS) is 10.8. The Morgan fingerprint density at radius 3 is 2.76 bits per heavy atom. The molecule has 5 heteroatoms. The van der Waals surface area contributed by atoms with Gasteiger partial charge in [-0.15, -0.1) is 0 Å². The second-order valence-electron chi connectivity index (χ2n) is 4.75. The van der Waals surface area contributed by atoms with Crippen LogP contribution < -0.4 is 5.32 Å². The molecule has 0 bridgehead atoms. The zero-order chi connectivity index (χ0) is 15.0. The third kappa shape index (κ3) is 2.62. The van der Waals surface area contributed by atoms with Gasteiger partial charge in [0.25, 0.3) is 5.91 Å². The number of nitrogens with one attached hydrogen (secondary N) is 1. The minimum absolute atomic E-state index is 0.216. The van der Waals surface area contributed by atoms with E-state index >= 15 is 0 Å². The summed E-state index contributed by atoms with van der Waals surface area (Å²) in [5.74, 6) is -0.216. The summed E-state index contributed by atoms with van der Waals surface area (Å²) in [5.41, 5.74) is 1.98. The lowest BCUT2D eigenvalue weighted by atomic mass is 10.1.